The Morgan fingerprint density at radius 3 is 2.70 bits per heavy atom. The molecule has 1 aliphatic heterocycles. The molecule has 0 amide bonds. The van der Waals surface area contributed by atoms with E-state index in [1.54, 1.807) is 12.3 Å². The van der Waals surface area contributed by atoms with E-state index in [0.29, 0.717) is 18.6 Å². The van der Waals surface area contributed by atoms with E-state index in [9.17, 15) is 8.42 Å². The van der Waals surface area contributed by atoms with Crippen molar-refractivity contribution in [2.24, 2.45) is 4.99 Å². The fraction of sp³-hybridized carbons (Fsp3) is 0.667. The fourth-order valence-corrected chi connectivity index (χ4v) is 3.99. The van der Waals surface area contributed by atoms with Gasteiger partial charge in [0.25, 0.3) is 0 Å². The van der Waals surface area contributed by atoms with Crippen LogP contribution in [0.2, 0.25) is 0 Å². The van der Waals surface area contributed by atoms with Crippen LogP contribution in [0.4, 0.5) is 0 Å². The Morgan fingerprint density at radius 2 is 2.11 bits per heavy atom. The number of piperidine rings is 1. The number of hydrogen-bond acceptors (Lipinski definition) is 5. The molecule has 0 bridgehead atoms. The molecule has 0 atom stereocenters. The largest absolute Gasteiger partial charge is 0.357 e. The highest BCUT2D eigenvalue weighted by Gasteiger charge is 2.21. The van der Waals surface area contributed by atoms with Crippen LogP contribution in [0.15, 0.2) is 34.4 Å². The van der Waals surface area contributed by atoms with E-state index in [1.165, 1.54) is 12.3 Å². The second kappa shape index (κ2) is 10.6. The average molecular weight is 397 g/mol. The molecule has 0 spiro atoms. The van der Waals surface area contributed by atoms with Crippen molar-refractivity contribution < 1.29 is 8.42 Å². The van der Waals surface area contributed by atoms with E-state index < -0.39 is 10.0 Å². The Kier molecular flexibility index (Phi) is 8.46. The number of nitrogens with one attached hydrogen (secondary N) is 3. The molecule has 27 heavy (non-hydrogen) atoms. The molecule has 1 fully saturated rings. The van der Waals surface area contributed by atoms with Crippen molar-refractivity contribution in [3.05, 3.63) is 24.5 Å². The Balaban J connectivity index is 1.81. The maximum atomic E-state index is 12.2. The van der Waals surface area contributed by atoms with Crippen LogP contribution in [-0.2, 0) is 10.0 Å². The van der Waals surface area contributed by atoms with Gasteiger partial charge in [-0.25, -0.2) is 13.1 Å². The lowest BCUT2D eigenvalue weighted by molar-refractivity contribution is 0.167. The van der Waals surface area contributed by atoms with E-state index in [1.807, 2.05) is 6.92 Å². The third kappa shape index (κ3) is 7.08. The third-order valence-electron chi connectivity index (χ3n) is 4.56. The number of aliphatic imine (C=N–C) groups is 1. The number of nitrogens with zero attached hydrogens (tertiary/aromatic N) is 3. The van der Waals surface area contributed by atoms with Gasteiger partial charge in [-0.1, -0.05) is 0 Å². The number of pyridine rings is 1. The van der Waals surface area contributed by atoms with Crippen LogP contribution >= 0.6 is 0 Å². The summed E-state index contributed by atoms with van der Waals surface area (Å²) in [7, 11) is -3.54. The molecule has 3 N–H and O–H groups in total. The fourth-order valence-electron chi connectivity index (χ4n) is 3.01. The van der Waals surface area contributed by atoms with Crippen molar-refractivity contribution in [1.82, 2.24) is 25.2 Å². The van der Waals surface area contributed by atoms with Gasteiger partial charge < -0.3 is 15.5 Å². The van der Waals surface area contributed by atoms with Gasteiger partial charge in [-0.05, 0) is 45.7 Å². The van der Waals surface area contributed by atoms with Gasteiger partial charge >= 0.3 is 0 Å². The number of rotatable bonds is 8. The summed E-state index contributed by atoms with van der Waals surface area (Å²) in [6.45, 7) is 10.00. The Morgan fingerprint density at radius 1 is 1.37 bits per heavy atom. The number of guanidine groups is 1. The smallest absolute Gasteiger partial charge is 0.242 e. The molecule has 152 valence electrons. The van der Waals surface area contributed by atoms with Gasteiger partial charge in [-0.15, -0.1) is 0 Å². The summed E-state index contributed by atoms with van der Waals surface area (Å²) in [6, 6.07) is 4.10. The molecule has 0 aliphatic carbocycles. The number of aromatic nitrogens is 1. The van der Waals surface area contributed by atoms with Gasteiger partial charge in [0.15, 0.2) is 5.96 Å². The van der Waals surface area contributed by atoms with Crippen LogP contribution < -0.4 is 15.4 Å². The van der Waals surface area contributed by atoms with Crippen molar-refractivity contribution in [1.29, 1.82) is 0 Å². The molecule has 0 radical (unpaired) electrons. The SMILES string of the molecule is CCNC(=NCCNS(=O)(=O)c1cccnc1)NC1CCN(C(C)C)CC1. The van der Waals surface area contributed by atoms with Crippen LogP contribution in [0.25, 0.3) is 0 Å². The van der Waals surface area contributed by atoms with Gasteiger partial charge in [-0.2, -0.15) is 0 Å². The molecule has 1 aliphatic rings. The minimum atomic E-state index is -3.54. The van der Waals surface area contributed by atoms with Gasteiger partial charge in [0.1, 0.15) is 4.90 Å². The minimum absolute atomic E-state index is 0.163. The highest BCUT2D eigenvalue weighted by molar-refractivity contribution is 7.89. The Hall–Kier alpha value is -1.71. The van der Waals surface area contributed by atoms with Crippen molar-refractivity contribution in [3.63, 3.8) is 0 Å². The maximum absolute atomic E-state index is 12.2. The average Bonchev–Trinajstić information content (AvgIpc) is 2.66. The molecule has 2 rings (SSSR count). The van der Waals surface area contributed by atoms with E-state index in [0.717, 1.165) is 38.4 Å². The zero-order chi connectivity index (χ0) is 19.7. The molecular formula is C18H32N6O2S. The Labute approximate surface area is 162 Å². The molecule has 9 heteroatoms. The van der Waals surface area contributed by atoms with Crippen LogP contribution in [0.3, 0.4) is 0 Å². The highest BCUT2D eigenvalue weighted by atomic mass is 32.2. The van der Waals surface area contributed by atoms with Crippen LogP contribution in [0.1, 0.15) is 33.6 Å². The Bertz CT molecular complexity index is 685. The predicted octanol–water partition coefficient (Wildman–Crippen LogP) is 0.788. The molecule has 1 aromatic rings. The van der Waals surface area contributed by atoms with Gasteiger partial charge in [0.2, 0.25) is 10.0 Å². The molecule has 1 aromatic heterocycles. The third-order valence-corrected chi connectivity index (χ3v) is 6.01. The highest BCUT2D eigenvalue weighted by Crippen LogP contribution is 2.12. The van der Waals surface area contributed by atoms with Crippen LogP contribution in [0, 0.1) is 0 Å². The minimum Gasteiger partial charge on any atom is -0.357 e. The summed E-state index contributed by atoms with van der Waals surface area (Å²) >= 11 is 0. The van der Waals surface area contributed by atoms with Gasteiger partial charge in [0.05, 0.1) is 6.54 Å². The normalized spacial score (nSPS) is 17.3. The van der Waals surface area contributed by atoms with Crippen molar-refractivity contribution in [2.75, 3.05) is 32.7 Å². The monoisotopic (exact) mass is 396 g/mol. The molecule has 0 unspecified atom stereocenters. The number of likely N-dealkylation sites (tertiary alicyclic amines) is 1. The molecule has 1 saturated heterocycles. The summed E-state index contributed by atoms with van der Waals surface area (Å²) in [6.07, 6.45) is 5.04. The quantitative estimate of drug-likeness (QED) is 0.341. The van der Waals surface area contributed by atoms with E-state index in [-0.39, 0.29) is 11.4 Å². The molecule has 2 heterocycles. The second-order valence-electron chi connectivity index (χ2n) is 6.90. The lowest BCUT2D eigenvalue weighted by Gasteiger charge is -2.35. The van der Waals surface area contributed by atoms with E-state index in [2.05, 4.69) is 44.1 Å². The lowest BCUT2D eigenvalue weighted by atomic mass is 10.0. The van der Waals surface area contributed by atoms with E-state index in [4.69, 9.17) is 0 Å². The molecular weight excluding hydrogens is 364 g/mol. The first-order chi connectivity index (χ1) is 12.9. The van der Waals surface area contributed by atoms with Crippen molar-refractivity contribution in [2.45, 2.75) is 50.6 Å². The second-order valence-corrected chi connectivity index (χ2v) is 8.66. The summed E-state index contributed by atoms with van der Waals surface area (Å²) in [5.74, 6) is 0.737. The lowest BCUT2D eigenvalue weighted by Crippen LogP contribution is -2.50. The number of hydrogen-bond donors (Lipinski definition) is 3. The van der Waals surface area contributed by atoms with Crippen LogP contribution in [-0.4, -0.2) is 69.1 Å². The van der Waals surface area contributed by atoms with Crippen molar-refractivity contribution in [3.8, 4) is 0 Å². The van der Waals surface area contributed by atoms with Crippen molar-refractivity contribution >= 4 is 16.0 Å². The zero-order valence-electron chi connectivity index (χ0n) is 16.5. The standard InChI is InChI=1S/C18H32N6O2S/c1-4-20-18(23-16-7-12-24(13-8-16)15(2)3)21-10-11-22-27(25,26)17-6-5-9-19-14-17/h5-6,9,14-16,22H,4,7-8,10-13H2,1-3H3,(H2,20,21,23). The number of sulfonamides is 1. The van der Waals surface area contributed by atoms with E-state index >= 15 is 0 Å². The first kappa shape index (κ1) is 21.6. The summed E-state index contributed by atoms with van der Waals surface area (Å²) in [4.78, 5) is 11.0. The summed E-state index contributed by atoms with van der Waals surface area (Å²) in [5, 5.41) is 6.70. The topological polar surface area (TPSA) is 98.7 Å². The van der Waals surface area contributed by atoms with Gasteiger partial charge in [0, 0.05) is 50.7 Å². The predicted molar refractivity (Wildman–Crippen MR) is 108 cm³/mol. The molecule has 8 nitrogen and oxygen atoms in total. The first-order valence-electron chi connectivity index (χ1n) is 9.61. The summed E-state index contributed by atoms with van der Waals surface area (Å²) < 4.78 is 26.9. The maximum Gasteiger partial charge on any atom is 0.242 e. The first-order valence-corrected chi connectivity index (χ1v) is 11.1. The molecule has 0 aromatic carbocycles. The van der Waals surface area contributed by atoms with Gasteiger partial charge in [-0.3, -0.25) is 9.98 Å². The summed E-state index contributed by atoms with van der Waals surface area (Å²) in [5.41, 5.74) is 0. The zero-order valence-corrected chi connectivity index (χ0v) is 17.3. The molecule has 0 saturated carbocycles. The van der Waals surface area contributed by atoms with Crippen LogP contribution in [0.5, 0.6) is 0 Å².